The molecule has 1 aromatic rings. The van der Waals surface area contributed by atoms with E-state index < -0.39 is 29.0 Å². The molecule has 1 atom stereocenters. The van der Waals surface area contributed by atoms with Crippen molar-refractivity contribution >= 4 is 17.6 Å². The molecule has 1 amide bonds. The van der Waals surface area contributed by atoms with Crippen LogP contribution in [0, 0.1) is 17.2 Å². The van der Waals surface area contributed by atoms with Crippen LogP contribution in [0.3, 0.4) is 0 Å². The Labute approximate surface area is 118 Å². The standard InChI is InChI=1S/C15H20FNO3/c1-5-20-14(19)12(15(2,3)4)13(18)17-11-9-7-6-8-10(11)16/h6-9,12H,5H2,1-4H3,(H,17,18). The largest absolute Gasteiger partial charge is 0.465 e. The number of carbonyl (C=O) groups excluding carboxylic acids is 2. The highest BCUT2D eigenvalue weighted by Crippen LogP contribution is 2.28. The Hall–Kier alpha value is -1.91. The SMILES string of the molecule is CCOC(=O)C(C(=O)Nc1ccccc1F)C(C)(C)C. The van der Waals surface area contributed by atoms with E-state index in [-0.39, 0.29) is 12.3 Å². The third kappa shape index (κ3) is 4.05. The van der Waals surface area contributed by atoms with Crippen LogP contribution in [0.4, 0.5) is 10.1 Å². The zero-order chi connectivity index (χ0) is 15.3. The zero-order valence-electron chi connectivity index (χ0n) is 12.2. The lowest BCUT2D eigenvalue weighted by atomic mass is 9.80. The quantitative estimate of drug-likeness (QED) is 0.682. The average molecular weight is 281 g/mol. The molecule has 4 nitrogen and oxygen atoms in total. The average Bonchev–Trinajstić information content (AvgIpc) is 2.30. The van der Waals surface area contributed by atoms with Gasteiger partial charge in [-0.15, -0.1) is 0 Å². The van der Waals surface area contributed by atoms with Gasteiger partial charge in [0, 0.05) is 0 Å². The summed E-state index contributed by atoms with van der Waals surface area (Å²) in [5.74, 6) is -2.71. The molecule has 0 aliphatic rings. The van der Waals surface area contributed by atoms with E-state index in [1.165, 1.54) is 18.2 Å². The Morgan fingerprint density at radius 1 is 1.30 bits per heavy atom. The van der Waals surface area contributed by atoms with E-state index in [1.54, 1.807) is 33.8 Å². The number of ether oxygens (including phenoxy) is 1. The first kappa shape index (κ1) is 16.1. The Morgan fingerprint density at radius 3 is 2.40 bits per heavy atom. The van der Waals surface area contributed by atoms with Gasteiger partial charge in [0.2, 0.25) is 5.91 Å². The number of para-hydroxylation sites is 1. The molecular weight excluding hydrogens is 261 g/mol. The summed E-state index contributed by atoms with van der Waals surface area (Å²) in [6.45, 7) is 7.14. The number of benzene rings is 1. The van der Waals surface area contributed by atoms with Gasteiger partial charge >= 0.3 is 5.97 Å². The predicted octanol–water partition coefficient (Wildman–Crippen LogP) is 2.99. The maximum absolute atomic E-state index is 13.5. The van der Waals surface area contributed by atoms with Crippen molar-refractivity contribution in [3.8, 4) is 0 Å². The minimum Gasteiger partial charge on any atom is -0.465 e. The molecule has 1 aromatic carbocycles. The van der Waals surface area contributed by atoms with Crippen LogP contribution in [-0.4, -0.2) is 18.5 Å². The number of esters is 1. The number of carbonyl (C=O) groups is 2. The first-order valence-electron chi connectivity index (χ1n) is 6.49. The van der Waals surface area contributed by atoms with Gasteiger partial charge in [-0.25, -0.2) is 4.39 Å². The molecule has 0 radical (unpaired) electrons. The van der Waals surface area contributed by atoms with Gasteiger partial charge in [-0.3, -0.25) is 9.59 Å². The number of hydrogen-bond donors (Lipinski definition) is 1. The van der Waals surface area contributed by atoms with Crippen molar-refractivity contribution < 1.29 is 18.7 Å². The number of nitrogens with one attached hydrogen (secondary N) is 1. The highest BCUT2D eigenvalue weighted by atomic mass is 19.1. The molecule has 0 aliphatic heterocycles. The van der Waals surface area contributed by atoms with E-state index in [1.807, 2.05) is 0 Å². The molecule has 1 rings (SSSR count). The van der Waals surface area contributed by atoms with Crippen LogP contribution in [0.25, 0.3) is 0 Å². The van der Waals surface area contributed by atoms with Gasteiger partial charge in [0.05, 0.1) is 12.3 Å². The van der Waals surface area contributed by atoms with E-state index in [0.717, 1.165) is 0 Å². The van der Waals surface area contributed by atoms with Gasteiger partial charge < -0.3 is 10.1 Å². The highest BCUT2D eigenvalue weighted by molar-refractivity contribution is 6.05. The summed E-state index contributed by atoms with van der Waals surface area (Å²) in [5, 5.41) is 2.44. The van der Waals surface area contributed by atoms with Crippen molar-refractivity contribution in [2.45, 2.75) is 27.7 Å². The summed E-state index contributed by atoms with van der Waals surface area (Å²) >= 11 is 0. The number of halogens is 1. The molecular formula is C15H20FNO3. The van der Waals surface area contributed by atoms with Gasteiger partial charge in [0.1, 0.15) is 11.7 Å². The van der Waals surface area contributed by atoms with Crippen LogP contribution >= 0.6 is 0 Å². The van der Waals surface area contributed by atoms with Crippen molar-refractivity contribution in [1.82, 2.24) is 0 Å². The highest BCUT2D eigenvalue weighted by Gasteiger charge is 2.39. The second-order valence-corrected chi connectivity index (χ2v) is 5.52. The third-order valence-corrected chi connectivity index (χ3v) is 2.78. The van der Waals surface area contributed by atoms with Gasteiger partial charge in [-0.05, 0) is 24.5 Å². The second-order valence-electron chi connectivity index (χ2n) is 5.52. The Morgan fingerprint density at radius 2 is 1.90 bits per heavy atom. The van der Waals surface area contributed by atoms with Gasteiger partial charge in [-0.1, -0.05) is 32.9 Å². The van der Waals surface area contributed by atoms with Gasteiger partial charge in [0.25, 0.3) is 0 Å². The summed E-state index contributed by atoms with van der Waals surface area (Å²) in [7, 11) is 0. The smallest absolute Gasteiger partial charge is 0.319 e. The van der Waals surface area contributed by atoms with Crippen molar-refractivity contribution in [3.63, 3.8) is 0 Å². The monoisotopic (exact) mass is 281 g/mol. The summed E-state index contributed by atoms with van der Waals surface area (Å²) in [4.78, 5) is 24.2. The predicted molar refractivity (Wildman–Crippen MR) is 74.6 cm³/mol. The van der Waals surface area contributed by atoms with Crippen LogP contribution in [0.1, 0.15) is 27.7 Å². The summed E-state index contributed by atoms with van der Waals surface area (Å²) in [6, 6.07) is 5.82. The lowest BCUT2D eigenvalue weighted by Crippen LogP contribution is -2.40. The van der Waals surface area contributed by atoms with Crippen molar-refractivity contribution in [3.05, 3.63) is 30.1 Å². The summed E-state index contributed by atoms with van der Waals surface area (Å²) in [5.41, 5.74) is -0.572. The van der Waals surface area contributed by atoms with E-state index in [4.69, 9.17) is 4.74 Å². The van der Waals surface area contributed by atoms with E-state index in [9.17, 15) is 14.0 Å². The van der Waals surface area contributed by atoms with Crippen LogP contribution in [0.5, 0.6) is 0 Å². The maximum atomic E-state index is 13.5. The molecule has 5 heteroatoms. The Bertz CT molecular complexity index is 494. The third-order valence-electron chi connectivity index (χ3n) is 2.78. The molecule has 0 aromatic heterocycles. The lowest BCUT2D eigenvalue weighted by Gasteiger charge is -2.27. The van der Waals surface area contributed by atoms with Crippen molar-refractivity contribution in [1.29, 1.82) is 0 Å². The molecule has 0 aliphatic carbocycles. The first-order chi connectivity index (χ1) is 9.27. The summed E-state index contributed by atoms with van der Waals surface area (Å²) in [6.07, 6.45) is 0. The van der Waals surface area contributed by atoms with Crippen LogP contribution in [0.15, 0.2) is 24.3 Å². The fraction of sp³-hybridized carbons (Fsp3) is 0.467. The number of rotatable bonds is 4. The fourth-order valence-electron chi connectivity index (χ4n) is 1.85. The van der Waals surface area contributed by atoms with Crippen LogP contribution < -0.4 is 5.32 Å². The number of hydrogen-bond acceptors (Lipinski definition) is 3. The first-order valence-corrected chi connectivity index (χ1v) is 6.49. The molecule has 20 heavy (non-hydrogen) atoms. The molecule has 0 fully saturated rings. The minimum absolute atomic E-state index is 0.0519. The Balaban J connectivity index is 2.95. The van der Waals surface area contributed by atoms with Gasteiger partial charge in [0.15, 0.2) is 0 Å². The molecule has 1 N–H and O–H groups in total. The molecule has 0 bridgehead atoms. The summed E-state index contributed by atoms with van der Waals surface area (Å²) < 4.78 is 18.5. The maximum Gasteiger partial charge on any atom is 0.319 e. The number of amides is 1. The zero-order valence-corrected chi connectivity index (χ0v) is 12.2. The minimum atomic E-state index is -0.998. The normalized spacial score (nSPS) is 12.7. The van der Waals surface area contributed by atoms with Crippen molar-refractivity contribution in [2.75, 3.05) is 11.9 Å². The topological polar surface area (TPSA) is 55.4 Å². The lowest BCUT2D eigenvalue weighted by molar-refractivity contribution is -0.155. The Kier molecular flexibility index (Phi) is 5.25. The van der Waals surface area contributed by atoms with E-state index >= 15 is 0 Å². The molecule has 0 heterocycles. The molecule has 110 valence electrons. The fourth-order valence-corrected chi connectivity index (χ4v) is 1.85. The molecule has 0 saturated carbocycles. The van der Waals surface area contributed by atoms with Gasteiger partial charge in [-0.2, -0.15) is 0 Å². The molecule has 0 spiro atoms. The second kappa shape index (κ2) is 6.50. The van der Waals surface area contributed by atoms with Crippen LogP contribution in [-0.2, 0) is 14.3 Å². The van der Waals surface area contributed by atoms with Crippen molar-refractivity contribution in [2.24, 2.45) is 11.3 Å². The number of anilines is 1. The van der Waals surface area contributed by atoms with Crippen LogP contribution in [0.2, 0.25) is 0 Å². The molecule has 1 unspecified atom stereocenters. The van der Waals surface area contributed by atoms with E-state index in [2.05, 4.69) is 5.32 Å². The molecule has 0 saturated heterocycles. The van der Waals surface area contributed by atoms with E-state index in [0.29, 0.717) is 0 Å².